The summed E-state index contributed by atoms with van der Waals surface area (Å²) in [5.74, 6) is -0.167. The van der Waals surface area contributed by atoms with E-state index in [1.165, 1.54) is 4.90 Å². The fraction of sp³-hybridized carbons (Fsp3) is 0.700. The molecule has 1 spiro atoms. The van der Waals surface area contributed by atoms with Crippen LogP contribution < -0.4 is 5.32 Å². The summed E-state index contributed by atoms with van der Waals surface area (Å²) in [6.45, 7) is 7.55. The molecule has 1 atom stereocenters. The molecule has 0 radical (unpaired) electrons. The van der Waals surface area contributed by atoms with E-state index in [1.807, 2.05) is 6.92 Å². The maximum Gasteiger partial charge on any atom is 0.325 e. The maximum absolute atomic E-state index is 13.2. The third kappa shape index (κ3) is 3.52. The minimum atomic E-state index is -0.778. The predicted molar refractivity (Wildman–Crippen MR) is 104 cm³/mol. The van der Waals surface area contributed by atoms with Crippen molar-refractivity contribution in [3.05, 3.63) is 17.5 Å². The number of nitrogens with zero attached hydrogens (tertiary/aromatic N) is 4. The second-order valence-electron chi connectivity index (χ2n) is 8.26. The number of hydrogen-bond acceptors (Lipinski definition) is 6. The van der Waals surface area contributed by atoms with E-state index < -0.39 is 5.54 Å². The first-order chi connectivity index (χ1) is 14.0. The number of hydrogen-bond donors (Lipinski definition) is 1. The van der Waals surface area contributed by atoms with Crippen LogP contribution in [-0.2, 0) is 11.2 Å². The summed E-state index contributed by atoms with van der Waals surface area (Å²) in [6, 6.07) is 1.03. The molecule has 3 fully saturated rings. The molecule has 0 aliphatic carbocycles. The molecule has 3 aliphatic heterocycles. The van der Waals surface area contributed by atoms with Crippen LogP contribution in [0.25, 0.3) is 0 Å². The van der Waals surface area contributed by atoms with Gasteiger partial charge >= 0.3 is 6.03 Å². The third-order valence-corrected chi connectivity index (χ3v) is 6.39. The first-order valence-corrected chi connectivity index (χ1v) is 10.6. The maximum atomic E-state index is 13.2. The Morgan fingerprint density at radius 2 is 2.03 bits per heavy atom. The Hall–Kier alpha value is -2.42. The summed E-state index contributed by atoms with van der Waals surface area (Å²) in [6.07, 6.45) is 3.64. The van der Waals surface area contributed by atoms with Crippen molar-refractivity contribution in [3.63, 3.8) is 0 Å². The number of carbonyl (C=O) groups excluding carboxylic acids is 3. The molecule has 3 aliphatic rings. The molecule has 9 nitrogen and oxygen atoms in total. The van der Waals surface area contributed by atoms with E-state index in [2.05, 4.69) is 22.3 Å². The third-order valence-electron chi connectivity index (χ3n) is 6.39. The topological polar surface area (TPSA) is 99.0 Å². The van der Waals surface area contributed by atoms with Gasteiger partial charge in [-0.1, -0.05) is 19.0 Å². The summed E-state index contributed by atoms with van der Waals surface area (Å²) in [4.78, 5) is 43.9. The number of aromatic nitrogens is 1. The normalized spacial score (nSPS) is 24.6. The van der Waals surface area contributed by atoms with Gasteiger partial charge in [-0.25, -0.2) is 4.79 Å². The van der Waals surface area contributed by atoms with Crippen molar-refractivity contribution in [2.24, 2.45) is 0 Å². The predicted octanol–water partition coefficient (Wildman–Crippen LogP) is 1.25. The lowest BCUT2D eigenvalue weighted by molar-refractivity contribution is -0.134. The largest absolute Gasteiger partial charge is 0.351 e. The molecular formula is C20H29N5O4. The average Bonchev–Trinajstić information content (AvgIpc) is 3.43. The molecule has 4 rings (SSSR count). The quantitative estimate of drug-likeness (QED) is 0.743. The number of rotatable bonds is 5. The van der Waals surface area contributed by atoms with Crippen molar-refractivity contribution in [1.29, 1.82) is 0 Å². The SMILES string of the molecule is CCCN1CCC2(CC1)NC(=O)N(C1CCN(C(=O)c3cc(CC)no3)C1)C2=O. The van der Waals surface area contributed by atoms with Gasteiger partial charge in [0.25, 0.3) is 11.8 Å². The highest BCUT2D eigenvalue weighted by Gasteiger charge is 2.55. The Kier molecular flexibility index (Phi) is 5.33. The van der Waals surface area contributed by atoms with E-state index in [0.717, 1.165) is 31.7 Å². The second kappa shape index (κ2) is 7.78. The number of urea groups is 1. The Morgan fingerprint density at radius 3 is 2.69 bits per heavy atom. The molecule has 0 aromatic carbocycles. The number of carbonyl (C=O) groups is 3. The van der Waals surface area contributed by atoms with E-state index in [1.54, 1.807) is 11.0 Å². The average molecular weight is 403 g/mol. The highest BCUT2D eigenvalue weighted by molar-refractivity contribution is 6.07. The molecule has 4 amide bonds. The monoisotopic (exact) mass is 403 g/mol. The summed E-state index contributed by atoms with van der Waals surface area (Å²) in [7, 11) is 0. The molecule has 1 aromatic heterocycles. The van der Waals surface area contributed by atoms with Crippen LogP contribution in [0.3, 0.4) is 0 Å². The Bertz CT molecular complexity index is 799. The van der Waals surface area contributed by atoms with Crippen LogP contribution in [-0.4, -0.2) is 82.0 Å². The number of likely N-dealkylation sites (tertiary alicyclic amines) is 2. The van der Waals surface area contributed by atoms with E-state index in [9.17, 15) is 14.4 Å². The summed E-state index contributed by atoms with van der Waals surface area (Å²) < 4.78 is 5.15. The molecular weight excluding hydrogens is 374 g/mol. The minimum absolute atomic E-state index is 0.133. The number of piperidine rings is 1. The second-order valence-corrected chi connectivity index (χ2v) is 8.26. The van der Waals surface area contributed by atoms with Crippen LogP contribution in [0.2, 0.25) is 0 Å². The molecule has 29 heavy (non-hydrogen) atoms. The van der Waals surface area contributed by atoms with Crippen molar-refractivity contribution in [2.75, 3.05) is 32.7 Å². The fourth-order valence-corrected chi connectivity index (χ4v) is 4.66. The van der Waals surface area contributed by atoms with Gasteiger partial charge in [-0.2, -0.15) is 0 Å². The lowest BCUT2D eigenvalue weighted by atomic mass is 9.87. The zero-order valence-corrected chi connectivity index (χ0v) is 17.1. The minimum Gasteiger partial charge on any atom is -0.351 e. The summed E-state index contributed by atoms with van der Waals surface area (Å²) in [5, 5.41) is 6.84. The van der Waals surface area contributed by atoms with Gasteiger partial charge in [0, 0.05) is 32.2 Å². The molecule has 0 saturated carbocycles. The van der Waals surface area contributed by atoms with Crippen LogP contribution in [0.15, 0.2) is 10.6 Å². The lowest BCUT2D eigenvalue weighted by Gasteiger charge is -2.37. The Labute approximate surface area is 170 Å². The smallest absolute Gasteiger partial charge is 0.325 e. The van der Waals surface area contributed by atoms with Gasteiger partial charge < -0.3 is 19.6 Å². The van der Waals surface area contributed by atoms with E-state index in [0.29, 0.717) is 38.8 Å². The van der Waals surface area contributed by atoms with Gasteiger partial charge in [0.15, 0.2) is 0 Å². The molecule has 9 heteroatoms. The molecule has 1 N–H and O–H groups in total. The van der Waals surface area contributed by atoms with Crippen molar-refractivity contribution >= 4 is 17.8 Å². The molecule has 3 saturated heterocycles. The van der Waals surface area contributed by atoms with E-state index >= 15 is 0 Å². The van der Waals surface area contributed by atoms with Crippen molar-refractivity contribution in [1.82, 2.24) is 25.2 Å². The van der Waals surface area contributed by atoms with E-state index in [-0.39, 0.29) is 29.6 Å². The standard InChI is InChI=1S/C20H29N5O4/c1-3-8-23-10-6-20(7-11-23)18(27)25(19(28)21-20)15-5-9-24(13-15)17(26)16-12-14(4-2)22-29-16/h12,15H,3-11,13H2,1-2H3,(H,21,28). The van der Waals surface area contributed by atoms with E-state index in [4.69, 9.17) is 4.52 Å². The first-order valence-electron chi connectivity index (χ1n) is 10.6. The molecule has 1 unspecified atom stereocenters. The zero-order valence-electron chi connectivity index (χ0n) is 17.1. The highest BCUT2D eigenvalue weighted by Crippen LogP contribution is 2.32. The Balaban J connectivity index is 1.41. The van der Waals surface area contributed by atoms with Gasteiger partial charge in [-0.3, -0.25) is 14.5 Å². The van der Waals surface area contributed by atoms with Gasteiger partial charge in [0.2, 0.25) is 5.76 Å². The number of imide groups is 1. The van der Waals surface area contributed by atoms with Crippen molar-refractivity contribution in [2.45, 2.75) is 57.5 Å². The molecule has 1 aromatic rings. The first kappa shape index (κ1) is 19.9. The fourth-order valence-electron chi connectivity index (χ4n) is 4.66. The van der Waals surface area contributed by atoms with Crippen LogP contribution in [0.1, 0.15) is 55.8 Å². The van der Waals surface area contributed by atoms with Crippen molar-refractivity contribution in [3.8, 4) is 0 Å². The highest BCUT2D eigenvalue weighted by atomic mass is 16.5. The number of amides is 4. The van der Waals surface area contributed by atoms with Crippen LogP contribution in [0, 0.1) is 0 Å². The lowest BCUT2D eigenvalue weighted by Crippen LogP contribution is -2.55. The molecule has 4 heterocycles. The number of nitrogens with one attached hydrogen (secondary N) is 1. The number of aryl methyl sites for hydroxylation is 1. The van der Waals surface area contributed by atoms with Crippen LogP contribution in [0.4, 0.5) is 4.79 Å². The van der Waals surface area contributed by atoms with Crippen LogP contribution >= 0.6 is 0 Å². The van der Waals surface area contributed by atoms with Crippen LogP contribution in [0.5, 0.6) is 0 Å². The zero-order chi connectivity index (χ0) is 20.6. The molecule has 158 valence electrons. The van der Waals surface area contributed by atoms with Crippen molar-refractivity contribution < 1.29 is 18.9 Å². The van der Waals surface area contributed by atoms with Gasteiger partial charge in [-0.15, -0.1) is 0 Å². The summed E-state index contributed by atoms with van der Waals surface area (Å²) >= 11 is 0. The Morgan fingerprint density at radius 1 is 1.28 bits per heavy atom. The van der Waals surface area contributed by atoms with Gasteiger partial charge in [0.1, 0.15) is 5.54 Å². The summed E-state index contributed by atoms with van der Waals surface area (Å²) in [5.41, 5.74) is -0.0470. The van der Waals surface area contributed by atoms with Gasteiger partial charge in [-0.05, 0) is 38.6 Å². The molecule has 0 bridgehead atoms. The van der Waals surface area contributed by atoms with Gasteiger partial charge in [0.05, 0.1) is 11.7 Å².